The predicted molar refractivity (Wildman–Crippen MR) is 102 cm³/mol. The Morgan fingerprint density at radius 1 is 1.00 bits per heavy atom. The van der Waals surface area contributed by atoms with Crippen LogP contribution in [0.25, 0.3) is 0 Å². The van der Waals surface area contributed by atoms with Crippen molar-refractivity contribution < 1.29 is 9.53 Å². The molecule has 1 aromatic heterocycles. The number of carbonyl (C=O) groups is 1. The van der Waals surface area contributed by atoms with E-state index in [1.54, 1.807) is 19.2 Å². The summed E-state index contributed by atoms with van der Waals surface area (Å²) in [5.41, 5.74) is 3.00. The molecule has 1 amide bonds. The summed E-state index contributed by atoms with van der Waals surface area (Å²) in [5.74, 6) is 1.64. The van der Waals surface area contributed by atoms with Crippen molar-refractivity contribution in [1.29, 1.82) is 0 Å². The van der Waals surface area contributed by atoms with Gasteiger partial charge in [0, 0.05) is 5.69 Å². The maximum absolute atomic E-state index is 12.1. The van der Waals surface area contributed by atoms with Crippen molar-refractivity contribution in [1.82, 2.24) is 10.2 Å². The van der Waals surface area contributed by atoms with Crippen LogP contribution in [0, 0.1) is 6.92 Å². The summed E-state index contributed by atoms with van der Waals surface area (Å²) in [4.78, 5) is 12.1. The van der Waals surface area contributed by atoms with Crippen LogP contribution in [0.2, 0.25) is 0 Å². The molecule has 0 radical (unpaired) electrons. The first kappa shape index (κ1) is 17.4. The molecule has 0 saturated heterocycles. The highest BCUT2D eigenvalue weighted by Gasteiger charge is 2.06. The molecule has 0 fully saturated rings. The molecule has 0 aliphatic rings. The monoisotopic (exact) mass is 348 g/mol. The molecular weight excluding hydrogens is 328 g/mol. The number of carbonyl (C=O) groups excluding carboxylic acids is 1. The molecule has 0 atom stereocenters. The van der Waals surface area contributed by atoms with E-state index in [0.29, 0.717) is 11.6 Å². The van der Waals surface area contributed by atoms with Gasteiger partial charge in [0.05, 0.1) is 13.5 Å². The fourth-order valence-corrected chi connectivity index (χ4v) is 2.45. The lowest BCUT2D eigenvalue weighted by Crippen LogP contribution is -2.15. The summed E-state index contributed by atoms with van der Waals surface area (Å²) in [6.45, 7) is 2.03. The largest absolute Gasteiger partial charge is 0.497 e. The van der Waals surface area contributed by atoms with Crippen LogP contribution in [-0.4, -0.2) is 23.2 Å². The topological polar surface area (TPSA) is 76.1 Å². The second kappa shape index (κ2) is 8.11. The van der Waals surface area contributed by atoms with Gasteiger partial charge >= 0.3 is 0 Å². The third-order valence-corrected chi connectivity index (χ3v) is 3.75. The van der Waals surface area contributed by atoms with E-state index in [2.05, 4.69) is 20.8 Å². The number of ether oxygens (including phenoxy) is 1. The molecule has 2 N–H and O–H groups in total. The van der Waals surface area contributed by atoms with Crippen LogP contribution in [0.15, 0.2) is 60.7 Å². The number of nitrogens with zero attached hydrogens (tertiary/aromatic N) is 2. The maximum atomic E-state index is 12.1. The van der Waals surface area contributed by atoms with E-state index in [1.807, 2.05) is 55.5 Å². The van der Waals surface area contributed by atoms with E-state index in [4.69, 9.17) is 4.74 Å². The fourth-order valence-electron chi connectivity index (χ4n) is 2.45. The summed E-state index contributed by atoms with van der Waals surface area (Å²) in [5, 5.41) is 14.1. The molecule has 6 heteroatoms. The Labute approximate surface area is 152 Å². The van der Waals surface area contributed by atoms with Gasteiger partial charge in [-0.3, -0.25) is 4.79 Å². The van der Waals surface area contributed by atoms with E-state index in [1.165, 1.54) is 0 Å². The minimum Gasteiger partial charge on any atom is -0.497 e. The first-order chi connectivity index (χ1) is 12.6. The number of hydrogen-bond donors (Lipinski definition) is 2. The molecule has 3 aromatic rings. The van der Waals surface area contributed by atoms with Crippen LogP contribution >= 0.6 is 0 Å². The van der Waals surface area contributed by atoms with Crippen molar-refractivity contribution in [3.05, 3.63) is 71.8 Å². The Morgan fingerprint density at radius 3 is 2.38 bits per heavy atom. The minimum atomic E-state index is -0.149. The summed E-state index contributed by atoms with van der Waals surface area (Å²) >= 11 is 0. The number of rotatable bonds is 6. The quantitative estimate of drug-likeness (QED) is 0.710. The Morgan fingerprint density at radius 2 is 1.73 bits per heavy atom. The van der Waals surface area contributed by atoms with Crippen LogP contribution < -0.4 is 15.4 Å². The van der Waals surface area contributed by atoms with Crippen molar-refractivity contribution in [2.24, 2.45) is 0 Å². The molecule has 132 valence electrons. The highest BCUT2D eigenvalue weighted by Crippen LogP contribution is 2.16. The molecule has 1 heterocycles. The number of aryl methyl sites for hydroxylation is 1. The summed E-state index contributed by atoms with van der Waals surface area (Å²) in [7, 11) is 1.61. The molecule has 6 nitrogen and oxygen atoms in total. The first-order valence-electron chi connectivity index (χ1n) is 8.22. The van der Waals surface area contributed by atoms with Crippen LogP contribution in [0.1, 0.15) is 11.1 Å². The standard InChI is InChI=1S/C20H20N4O2/c1-14-4-3-5-16(12-14)21-18-10-11-19(24-23-18)22-20(25)13-15-6-8-17(26-2)9-7-15/h3-12H,13H2,1-2H3,(H,21,23)(H,22,24,25). The lowest BCUT2D eigenvalue weighted by Gasteiger charge is -2.07. The molecule has 2 aromatic carbocycles. The van der Waals surface area contributed by atoms with Crippen LogP contribution in [0.3, 0.4) is 0 Å². The van der Waals surface area contributed by atoms with Crippen molar-refractivity contribution in [3.8, 4) is 5.75 Å². The number of hydrogen-bond acceptors (Lipinski definition) is 5. The molecule has 0 unspecified atom stereocenters. The number of benzene rings is 2. The lowest BCUT2D eigenvalue weighted by atomic mass is 10.1. The zero-order valence-electron chi connectivity index (χ0n) is 14.7. The summed E-state index contributed by atoms with van der Waals surface area (Å²) in [6, 6.07) is 18.8. The average Bonchev–Trinajstić information content (AvgIpc) is 2.64. The van der Waals surface area contributed by atoms with E-state index < -0.39 is 0 Å². The number of anilines is 3. The van der Waals surface area contributed by atoms with E-state index in [-0.39, 0.29) is 12.3 Å². The fraction of sp³-hybridized carbons (Fsp3) is 0.150. The van der Waals surface area contributed by atoms with Crippen molar-refractivity contribution in [2.45, 2.75) is 13.3 Å². The highest BCUT2D eigenvalue weighted by molar-refractivity contribution is 5.91. The van der Waals surface area contributed by atoms with Gasteiger partial charge in [0.2, 0.25) is 5.91 Å². The van der Waals surface area contributed by atoms with Gasteiger partial charge in [-0.15, -0.1) is 10.2 Å². The van der Waals surface area contributed by atoms with Crippen molar-refractivity contribution >= 4 is 23.2 Å². The van der Waals surface area contributed by atoms with Crippen LogP contribution in [0.4, 0.5) is 17.3 Å². The van der Waals surface area contributed by atoms with E-state index in [0.717, 1.165) is 22.6 Å². The molecule has 26 heavy (non-hydrogen) atoms. The van der Waals surface area contributed by atoms with Gasteiger partial charge in [0.15, 0.2) is 11.6 Å². The van der Waals surface area contributed by atoms with Crippen LogP contribution in [-0.2, 0) is 11.2 Å². The van der Waals surface area contributed by atoms with Gasteiger partial charge in [0.1, 0.15) is 5.75 Å². The number of nitrogens with one attached hydrogen (secondary N) is 2. The Hall–Kier alpha value is -3.41. The van der Waals surface area contributed by atoms with Crippen molar-refractivity contribution in [3.63, 3.8) is 0 Å². The zero-order chi connectivity index (χ0) is 18.4. The van der Waals surface area contributed by atoms with Gasteiger partial charge < -0.3 is 15.4 Å². The number of methoxy groups -OCH3 is 1. The van der Waals surface area contributed by atoms with E-state index >= 15 is 0 Å². The second-order valence-electron chi connectivity index (χ2n) is 5.87. The smallest absolute Gasteiger partial charge is 0.229 e. The maximum Gasteiger partial charge on any atom is 0.229 e. The van der Waals surface area contributed by atoms with Gasteiger partial charge in [0.25, 0.3) is 0 Å². The molecule has 0 spiro atoms. The van der Waals surface area contributed by atoms with Gasteiger partial charge in [-0.1, -0.05) is 24.3 Å². The molecule has 3 rings (SSSR count). The molecular formula is C20H20N4O2. The van der Waals surface area contributed by atoms with E-state index in [9.17, 15) is 4.79 Å². The molecule has 0 aliphatic carbocycles. The number of amides is 1. The third-order valence-electron chi connectivity index (χ3n) is 3.75. The molecule has 0 bridgehead atoms. The molecule has 0 aliphatic heterocycles. The van der Waals surface area contributed by atoms with Crippen molar-refractivity contribution in [2.75, 3.05) is 17.7 Å². The first-order valence-corrected chi connectivity index (χ1v) is 8.22. The lowest BCUT2D eigenvalue weighted by molar-refractivity contribution is -0.115. The zero-order valence-corrected chi connectivity index (χ0v) is 14.7. The Kier molecular flexibility index (Phi) is 5.43. The average molecular weight is 348 g/mol. The minimum absolute atomic E-state index is 0.149. The second-order valence-corrected chi connectivity index (χ2v) is 5.87. The molecule has 0 saturated carbocycles. The predicted octanol–water partition coefficient (Wildman–Crippen LogP) is 3.72. The SMILES string of the molecule is COc1ccc(CC(=O)Nc2ccc(Nc3cccc(C)c3)nn2)cc1. The van der Waals surface area contributed by atoms with Gasteiger partial charge in [-0.05, 0) is 54.4 Å². The number of aromatic nitrogens is 2. The highest BCUT2D eigenvalue weighted by atomic mass is 16.5. The summed E-state index contributed by atoms with van der Waals surface area (Å²) in [6.07, 6.45) is 0.259. The Bertz CT molecular complexity index is 877. The van der Waals surface area contributed by atoms with Gasteiger partial charge in [-0.25, -0.2) is 0 Å². The normalized spacial score (nSPS) is 10.2. The third kappa shape index (κ3) is 4.80. The van der Waals surface area contributed by atoms with Crippen LogP contribution in [0.5, 0.6) is 5.75 Å². The summed E-state index contributed by atoms with van der Waals surface area (Å²) < 4.78 is 5.11. The Balaban J connectivity index is 1.57. The van der Waals surface area contributed by atoms with Gasteiger partial charge in [-0.2, -0.15) is 0 Å².